The number of rotatable bonds is 5. The Morgan fingerprint density at radius 2 is 1.81 bits per heavy atom. The maximum atomic E-state index is 12.5. The molecule has 0 fully saturated rings. The summed E-state index contributed by atoms with van der Waals surface area (Å²) >= 11 is 3.35. The molecule has 0 N–H and O–H groups in total. The molecule has 1 atom stereocenters. The average Bonchev–Trinajstić information content (AvgIpc) is 2.97. The van der Waals surface area contributed by atoms with Crippen molar-refractivity contribution >= 4 is 27.6 Å². The van der Waals surface area contributed by atoms with Gasteiger partial charge in [-0.25, -0.2) is 4.79 Å². The second-order valence-electron chi connectivity index (χ2n) is 5.35. The number of nitro groups is 1. The summed E-state index contributed by atoms with van der Waals surface area (Å²) < 4.78 is 21.9. The highest BCUT2D eigenvalue weighted by Gasteiger charge is 2.44. The molecule has 0 aliphatic carbocycles. The van der Waals surface area contributed by atoms with E-state index in [4.69, 9.17) is 18.9 Å². The van der Waals surface area contributed by atoms with Gasteiger partial charge in [-0.15, -0.1) is 0 Å². The van der Waals surface area contributed by atoms with E-state index >= 15 is 0 Å². The first-order chi connectivity index (χ1) is 12.4. The van der Waals surface area contributed by atoms with Crippen molar-refractivity contribution in [3.05, 3.63) is 55.5 Å². The molecule has 1 aliphatic heterocycles. The molecule has 0 unspecified atom stereocenters. The summed E-state index contributed by atoms with van der Waals surface area (Å²) in [6, 6.07) is 6.34. The topological polar surface area (TPSA) is 97.1 Å². The second-order valence-corrected chi connectivity index (χ2v) is 6.26. The van der Waals surface area contributed by atoms with Crippen molar-refractivity contribution in [3.63, 3.8) is 0 Å². The van der Waals surface area contributed by atoms with Crippen LogP contribution < -0.4 is 14.2 Å². The van der Waals surface area contributed by atoms with Gasteiger partial charge in [0, 0.05) is 10.0 Å². The number of hydrogen-bond acceptors (Lipinski definition) is 7. The maximum absolute atomic E-state index is 12.5. The van der Waals surface area contributed by atoms with E-state index in [-0.39, 0.29) is 28.3 Å². The molecule has 1 aliphatic rings. The van der Waals surface area contributed by atoms with Crippen LogP contribution in [0.2, 0.25) is 0 Å². The maximum Gasteiger partial charge on any atom is 0.343 e. The van der Waals surface area contributed by atoms with Crippen LogP contribution >= 0.6 is 15.9 Å². The number of carbonyl (C=O) groups excluding carboxylic acids is 1. The van der Waals surface area contributed by atoms with Crippen molar-refractivity contribution in [2.24, 2.45) is 0 Å². The molecule has 0 saturated carbocycles. The molecule has 26 heavy (non-hydrogen) atoms. The minimum absolute atomic E-state index is 0.0226. The van der Waals surface area contributed by atoms with E-state index in [0.717, 1.165) is 0 Å². The van der Waals surface area contributed by atoms with Crippen LogP contribution in [0, 0.1) is 10.1 Å². The number of esters is 1. The zero-order valence-electron chi connectivity index (χ0n) is 14.1. The number of cyclic esters (lactones) is 1. The predicted octanol–water partition coefficient (Wildman–Crippen LogP) is 3.64. The van der Waals surface area contributed by atoms with Crippen LogP contribution in [0.25, 0.3) is 0 Å². The number of ether oxygens (including phenoxy) is 4. The summed E-state index contributed by atoms with van der Waals surface area (Å²) in [5.41, 5.74) is 0.263. The quantitative estimate of drug-likeness (QED) is 0.411. The standard InChI is InChI=1S/C17H14BrNO7/c1-23-11-5-4-8(18)6-9(11)15-13-10(19(21)22)7-12(24-2)16(25-3)14(13)17(20)26-15/h4-7,15H,1-3H3/t15-/m0/s1. The SMILES string of the molecule is COc1ccc(Br)cc1[C@@H]1OC(=O)c2c(OC)c(OC)cc([N+](=O)[O-])c21. The molecule has 1 heterocycles. The Hall–Kier alpha value is -2.81. The van der Waals surface area contributed by atoms with Crippen LogP contribution in [0.15, 0.2) is 28.7 Å². The van der Waals surface area contributed by atoms with Crippen molar-refractivity contribution in [1.82, 2.24) is 0 Å². The Labute approximate surface area is 156 Å². The molecule has 0 amide bonds. The van der Waals surface area contributed by atoms with E-state index in [9.17, 15) is 14.9 Å². The van der Waals surface area contributed by atoms with Crippen LogP contribution in [-0.2, 0) is 4.74 Å². The van der Waals surface area contributed by atoms with Crippen LogP contribution in [-0.4, -0.2) is 32.2 Å². The molecular weight excluding hydrogens is 410 g/mol. The van der Waals surface area contributed by atoms with Crippen molar-refractivity contribution in [2.45, 2.75) is 6.10 Å². The summed E-state index contributed by atoms with van der Waals surface area (Å²) in [6.45, 7) is 0. The highest BCUT2D eigenvalue weighted by Crippen LogP contribution is 2.50. The number of benzene rings is 2. The zero-order chi connectivity index (χ0) is 19.0. The molecule has 0 spiro atoms. The monoisotopic (exact) mass is 423 g/mol. The normalized spacial score (nSPS) is 15.2. The van der Waals surface area contributed by atoms with Crippen molar-refractivity contribution in [1.29, 1.82) is 0 Å². The molecule has 0 radical (unpaired) electrons. The molecule has 0 saturated heterocycles. The molecule has 8 nitrogen and oxygen atoms in total. The fourth-order valence-corrected chi connectivity index (χ4v) is 3.35. The van der Waals surface area contributed by atoms with E-state index in [2.05, 4.69) is 15.9 Å². The third kappa shape index (κ3) is 2.74. The lowest BCUT2D eigenvalue weighted by Gasteiger charge is -2.16. The minimum Gasteiger partial charge on any atom is -0.496 e. The van der Waals surface area contributed by atoms with E-state index in [1.807, 2.05) is 0 Å². The first-order valence-corrected chi connectivity index (χ1v) is 8.19. The Morgan fingerprint density at radius 3 is 2.38 bits per heavy atom. The van der Waals surface area contributed by atoms with Crippen LogP contribution in [0.3, 0.4) is 0 Å². The van der Waals surface area contributed by atoms with Gasteiger partial charge in [0.05, 0.1) is 37.9 Å². The Kier molecular flexibility index (Phi) is 4.73. The third-order valence-electron chi connectivity index (χ3n) is 4.05. The van der Waals surface area contributed by atoms with Gasteiger partial charge in [-0.05, 0) is 18.2 Å². The lowest BCUT2D eigenvalue weighted by Crippen LogP contribution is -2.06. The summed E-state index contributed by atoms with van der Waals surface area (Å²) in [5, 5.41) is 11.6. The first-order valence-electron chi connectivity index (χ1n) is 7.40. The number of fused-ring (bicyclic) bond motifs is 1. The van der Waals surface area contributed by atoms with Gasteiger partial charge in [0.25, 0.3) is 5.69 Å². The smallest absolute Gasteiger partial charge is 0.343 e. The van der Waals surface area contributed by atoms with Gasteiger partial charge in [-0.3, -0.25) is 10.1 Å². The number of methoxy groups -OCH3 is 3. The zero-order valence-corrected chi connectivity index (χ0v) is 15.7. The molecule has 2 aromatic carbocycles. The minimum atomic E-state index is -1.01. The summed E-state index contributed by atoms with van der Waals surface area (Å²) in [7, 11) is 4.15. The number of halogens is 1. The first kappa shape index (κ1) is 18.0. The molecule has 136 valence electrons. The largest absolute Gasteiger partial charge is 0.496 e. The van der Waals surface area contributed by atoms with Gasteiger partial charge >= 0.3 is 5.97 Å². The van der Waals surface area contributed by atoms with Gasteiger partial charge < -0.3 is 18.9 Å². The fraction of sp³-hybridized carbons (Fsp3) is 0.235. The molecule has 9 heteroatoms. The Bertz CT molecular complexity index is 912. The number of nitrogens with zero attached hydrogens (tertiary/aromatic N) is 1. The molecule has 2 aromatic rings. The second kappa shape index (κ2) is 6.83. The van der Waals surface area contributed by atoms with E-state index in [1.54, 1.807) is 18.2 Å². The fourth-order valence-electron chi connectivity index (χ4n) is 2.97. The van der Waals surface area contributed by atoms with Crippen molar-refractivity contribution in [3.8, 4) is 17.2 Å². The molecule has 0 bridgehead atoms. The number of nitro benzene ring substituents is 1. The highest BCUT2D eigenvalue weighted by atomic mass is 79.9. The van der Waals surface area contributed by atoms with Crippen LogP contribution in [0.4, 0.5) is 5.69 Å². The van der Waals surface area contributed by atoms with E-state index in [1.165, 1.54) is 27.4 Å². The van der Waals surface area contributed by atoms with Gasteiger partial charge in [0.2, 0.25) is 0 Å². The van der Waals surface area contributed by atoms with Gasteiger partial charge in [-0.2, -0.15) is 0 Å². The van der Waals surface area contributed by atoms with Crippen LogP contribution in [0.5, 0.6) is 17.2 Å². The van der Waals surface area contributed by atoms with Gasteiger partial charge in [-0.1, -0.05) is 15.9 Å². The number of hydrogen-bond donors (Lipinski definition) is 0. The molecular formula is C17H14BrNO7. The highest BCUT2D eigenvalue weighted by molar-refractivity contribution is 9.10. The number of carbonyl (C=O) groups is 1. The van der Waals surface area contributed by atoms with Gasteiger partial charge in [0.1, 0.15) is 11.3 Å². The van der Waals surface area contributed by atoms with Gasteiger partial charge in [0.15, 0.2) is 17.6 Å². The Balaban J connectivity index is 2.34. The lowest BCUT2D eigenvalue weighted by molar-refractivity contribution is -0.386. The summed E-state index contributed by atoms with van der Waals surface area (Å²) in [5.74, 6) is -0.125. The van der Waals surface area contributed by atoms with E-state index in [0.29, 0.717) is 15.8 Å². The molecule has 0 aromatic heterocycles. The summed E-state index contributed by atoms with van der Waals surface area (Å²) in [4.78, 5) is 23.6. The van der Waals surface area contributed by atoms with Crippen molar-refractivity contribution in [2.75, 3.05) is 21.3 Å². The lowest BCUT2D eigenvalue weighted by atomic mass is 9.95. The summed E-state index contributed by atoms with van der Waals surface area (Å²) in [6.07, 6.45) is -1.01. The third-order valence-corrected chi connectivity index (χ3v) is 4.54. The van der Waals surface area contributed by atoms with Crippen molar-refractivity contribution < 1.29 is 28.7 Å². The molecule has 3 rings (SSSR count). The van der Waals surface area contributed by atoms with Crippen LogP contribution in [0.1, 0.15) is 27.6 Å². The Morgan fingerprint density at radius 1 is 1.12 bits per heavy atom. The average molecular weight is 424 g/mol. The predicted molar refractivity (Wildman–Crippen MR) is 94.2 cm³/mol. The van der Waals surface area contributed by atoms with E-state index < -0.39 is 17.0 Å².